The number of hydrogen-bond donors (Lipinski definition) is 1. The molecule has 0 unspecified atom stereocenters. The van der Waals surface area contributed by atoms with Gasteiger partial charge in [0.1, 0.15) is 11.1 Å². The molecule has 0 aromatic carbocycles. The molecule has 1 saturated heterocycles. The van der Waals surface area contributed by atoms with Crippen molar-refractivity contribution in [3.05, 3.63) is 51.2 Å². The molecule has 0 radical (unpaired) electrons. The van der Waals surface area contributed by atoms with E-state index in [1.54, 1.807) is 12.1 Å². The first kappa shape index (κ1) is 15.6. The first-order valence-corrected chi connectivity index (χ1v) is 8.07. The van der Waals surface area contributed by atoms with E-state index in [2.05, 4.69) is 26.9 Å². The Hall–Kier alpha value is -2.94. The van der Waals surface area contributed by atoms with Crippen molar-refractivity contribution in [3.63, 3.8) is 0 Å². The summed E-state index contributed by atoms with van der Waals surface area (Å²) in [6, 6.07) is 3.42. The minimum atomic E-state index is -0.517. The number of H-pyrrole nitrogens is 1. The average molecular weight is 342 g/mol. The second-order valence-corrected chi connectivity index (χ2v) is 6.12. The minimum absolute atomic E-state index is 0.0668. The lowest BCUT2D eigenvalue weighted by Crippen LogP contribution is -2.45. The van der Waals surface area contributed by atoms with Gasteiger partial charge in [-0.15, -0.1) is 0 Å². The molecule has 0 bridgehead atoms. The van der Waals surface area contributed by atoms with E-state index < -0.39 is 11.2 Å². The van der Waals surface area contributed by atoms with Gasteiger partial charge in [-0.05, 0) is 19.2 Å². The standard InChI is InChI=1S/C16H18N6O3/c1-20-4-6-21(7-5-20)15-17-9-12-13(18-15)19-16(24)22(14(12)23)10-11-3-2-8-25-11/h2-3,8-9H,4-7,10H2,1H3,(H,17,18,19,24). The number of hydrogen-bond acceptors (Lipinski definition) is 7. The summed E-state index contributed by atoms with van der Waals surface area (Å²) in [5.74, 6) is 1.06. The summed E-state index contributed by atoms with van der Waals surface area (Å²) in [5.41, 5.74) is -0.688. The summed E-state index contributed by atoms with van der Waals surface area (Å²) in [6.45, 7) is 3.52. The Labute approximate surface area is 142 Å². The van der Waals surface area contributed by atoms with E-state index in [1.165, 1.54) is 12.5 Å². The molecular weight excluding hydrogens is 324 g/mol. The average Bonchev–Trinajstić information content (AvgIpc) is 3.12. The number of nitrogens with zero attached hydrogens (tertiary/aromatic N) is 5. The molecule has 3 aromatic rings. The molecule has 9 heteroatoms. The van der Waals surface area contributed by atoms with Gasteiger partial charge in [0.15, 0.2) is 5.65 Å². The van der Waals surface area contributed by atoms with Crippen LogP contribution in [0, 0.1) is 0 Å². The highest BCUT2D eigenvalue weighted by Crippen LogP contribution is 2.12. The van der Waals surface area contributed by atoms with Crippen LogP contribution in [0.5, 0.6) is 0 Å². The van der Waals surface area contributed by atoms with Gasteiger partial charge >= 0.3 is 5.69 Å². The molecule has 4 heterocycles. The van der Waals surface area contributed by atoms with Crippen molar-refractivity contribution in [2.45, 2.75) is 6.54 Å². The van der Waals surface area contributed by atoms with Gasteiger partial charge in [-0.25, -0.2) is 9.78 Å². The Morgan fingerprint density at radius 3 is 2.76 bits per heavy atom. The molecule has 25 heavy (non-hydrogen) atoms. The van der Waals surface area contributed by atoms with E-state index in [4.69, 9.17) is 4.42 Å². The number of likely N-dealkylation sites (N-methyl/N-ethyl adjacent to an activating group) is 1. The maximum Gasteiger partial charge on any atom is 0.330 e. The molecular formula is C16H18N6O3. The second kappa shape index (κ2) is 6.17. The summed E-state index contributed by atoms with van der Waals surface area (Å²) in [4.78, 5) is 40.6. The van der Waals surface area contributed by atoms with E-state index in [1.807, 2.05) is 4.90 Å². The van der Waals surface area contributed by atoms with Crippen LogP contribution < -0.4 is 16.1 Å². The summed E-state index contributed by atoms with van der Waals surface area (Å²) in [7, 11) is 2.07. The van der Waals surface area contributed by atoms with Crippen molar-refractivity contribution in [1.29, 1.82) is 0 Å². The quantitative estimate of drug-likeness (QED) is 0.708. The molecule has 0 atom stereocenters. The Morgan fingerprint density at radius 1 is 1.24 bits per heavy atom. The van der Waals surface area contributed by atoms with Crippen LogP contribution in [0.15, 0.2) is 38.6 Å². The predicted octanol–water partition coefficient (Wildman–Crippen LogP) is -0.127. The summed E-state index contributed by atoms with van der Waals surface area (Å²) >= 11 is 0. The third-order valence-electron chi connectivity index (χ3n) is 4.40. The SMILES string of the molecule is CN1CCN(c2ncc3c(=O)n(Cc4ccco4)c(=O)[nH]c3n2)CC1. The zero-order chi connectivity index (χ0) is 17.4. The third-order valence-corrected chi connectivity index (χ3v) is 4.40. The molecule has 1 aliphatic rings. The van der Waals surface area contributed by atoms with Gasteiger partial charge in [0.2, 0.25) is 5.95 Å². The number of aromatic amines is 1. The van der Waals surface area contributed by atoms with Gasteiger partial charge in [0.05, 0.1) is 12.8 Å². The maximum absolute atomic E-state index is 12.6. The fraction of sp³-hybridized carbons (Fsp3) is 0.375. The Bertz CT molecular complexity index is 999. The van der Waals surface area contributed by atoms with Crippen molar-refractivity contribution in [1.82, 2.24) is 24.4 Å². The second-order valence-electron chi connectivity index (χ2n) is 6.12. The number of rotatable bonds is 3. The van der Waals surface area contributed by atoms with Gasteiger partial charge < -0.3 is 14.2 Å². The van der Waals surface area contributed by atoms with Gasteiger partial charge in [-0.3, -0.25) is 14.3 Å². The first-order valence-electron chi connectivity index (χ1n) is 8.07. The van der Waals surface area contributed by atoms with Gasteiger partial charge in [0.25, 0.3) is 5.56 Å². The molecule has 0 saturated carbocycles. The van der Waals surface area contributed by atoms with E-state index >= 15 is 0 Å². The molecule has 1 N–H and O–H groups in total. The van der Waals surface area contributed by atoms with Crippen LogP contribution in [0.4, 0.5) is 5.95 Å². The number of aromatic nitrogens is 4. The van der Waals surface area contributed by atoms with Crippen LogP contribution in [0.3, 0.4) is 0 Å². The van der Waals surface area contributed by atoms with Crippen LogP contribution in [0.25, 0.3) is 11.0 Å². The lowest BCUT2D eigenvalue weighted by atomic mass is 10.3. The molecule has 1 aliphatic heterocycles. The normalized spacial score (nSPS) is 15.8. The number of piperazine rings is 1. The number of anilines is 1. The fourth-order valence-corrected chi connectivity index (χ4v) is 2.89. The number of furan rings is 1. The molecule has 130 valence electrons. The van der Waals surface area contributed by atoms with Crippen molar-refractivity contribution >= 4 is 17.0 Å². The molecule has 0 aliphatic carbocycles. The Balaban J connectivity index is 1.72. The zero-order valence-corrected chi connectivity index (χ0v) is 13.8. The molecule has 4 rings (SSSR count). The van der Waals surface area contributed by atoms with E-state index in [0.29, 0.717) is 11.7 Å². The predicted molar refractivity (Wildman–Crippen MR) is 91.9 cm³/mol. The molecule has 0 spiro atoms. The zero-order valence-electron chi connectivity index (χ0n) is 13.8. The Kier molecular flexibility index (Phi) is 3.85. The van der Waals surface area contributed by atoms with E-state index in [9.17, 15) is 9.59 Å². The highest BCUT2D eigenvalue weighted by Gasteiger charge is 2.18. The molecule has 0 amide bonds. The highest BCUT2D eigenvalue weighted by atomic mass is 16.3. The van der Waals surface area contributed by atoms with Crippen LogP contribution >= 0.6 is 0 Å². The summed E-state index contributed by atoms with van der Waals surface area (Å²) in [6.07, 6.45) is 2.98. The van der Waals surface area contributed by atoms with Crippen molar-refractivity contribution < 1.29 is 4.42 Å². The van der Waals surface area contributed by atoms with Crippen LogP contribution in [-0.2, 0) is 6.54 Å². The minimum Gasteiger partial charge on any atom is -0.467 e. The van der Waals surface area contributed by atoms with E-state index in [-0.39, 0.29) is 17.6 Å². The lowest BCUT2D eigenvalue weighted by molar-refractivity contribution is 0.311. The summed E-state index contributed by atoms with van der Waals surface area (Å²) in [5, 5.41) is 0.282. The van der Waals surface area contributed by atoms with Gasteiger partial charge in [0, 0.05) is 32.4 Å². The van der Waals surface area contributed by atoms with Gasteiger partial charge in [-0.2, -0.15) is 4.98 Å². The smallest absolute Gasteiger partial charge is 0.330 e. The maximum atomic E-state index is 12.6. The van der Waals surface area contributed by atoms with Crippen molar-refractivity contribution in [3.8, 4) is 0 Å². The Morgan fingerprint density at radius 2 is 2.04 bits per heavy atom. The number of nitrogens with one attached hydrogen (secondary N) is 1. The third kappa shape index (κ3) is 2.93. The molecule has 1 fully saturated rings. The highest BCUT2D eigenvalue weighted by molar-refractivity contribution is 5.73. The molecule has 3 aromatic heterocycles. The summed E-state index contributed by atoms with van der Waals surface area (Å²) < 4.78 is 6.30. The first-order chi connectivity index (χ1) is 12.1. The van der Waals surface area contributed by atoms with Crippen molar-refractivity contribution in [2.75, 3.05) is 38.1 Å². The van der Waals surface area contributed by atoms with E-state index in [0.717, 1.165) is 30.7 Å². The molecule has 9 nitrogen and oxygen atoms in total. The largest absolute Gasteiger partial charge is 0.467 e. The lowest BCUT2D eigenvalue weighted by Gasteiger charge is -2.32. The van der Waals surface area contributed by atoms with Crippen LogP contribution in [0.2, 0.25) is 0 Å². The fourth-order valence-electron chi connectivity index (χ4n) is 2.89. The monoisotopic (exact) mass is 342 g/mol. The topological polar surface area (TPSA) is 100 Å². The van der Waals surface area contributed by atoms with Crippen molar-refractivity contribution in [2.24, 2.45) is 0 Å². The van der Waals surface area contributed by atoms with Crippen LogP contribution in [0.1, 0.15) is 5.76 Å². The van der Waals surface area contributed by atoms with Gasteiger partial charge in [-0.1, -0.05) is 0 Å². The number of fused-ring (bicyclic) bond motifs is 1. The van der Waals surface area contributed by atoms with Crippen LogP contribution in [-0.4, -0.2) is 57.6 Å².